The summed E-state index contributed by atoms with van der Waals surface area (Å²) < 4.78 is 0. The second-order valence-electron chi connectivity index (χ2n) is 6.05. The van der Waals surface area contributed by atoms with Crippen molar-refractivity contribution < 1.29 is 9.90 Å². The molecule has 2 rings (SSSR count). The molecule has 1 aromatic rings. The number of carbonyl (C=O) groups is 1. The molecular weight excluding hydrogens is 262 g/mol. The molecule has 3 heteroatoms. The van der Waals surface area contributed by atoms with Crippen molar-refractivity contribution in [2.45, 2.75) is 51.0 Å². The first-order valence-corrected chi connectivity index (χ1v) is 7.83. The van der Waals surface area contributed by atoms with Gasteiger partial charge in [0.15, 0.2) is 0 Å². The summed E-state index contributed by atoms with van der Waals surface area (Å²) >= 11 is 0. The highest BCUT2D eigenvalue weighted by Crippen LogP contribution is 2.26. The van der Waals surface area contributed by atoms with E-state index in [2.05, 4.69) is 5.32 Å². The molecule has 0 saturated heterocycles. The zero-order valence-corrected chi connectivity index (χ0v) is 12.8. The van der Waals surface area contributed by atoms with E-state index < -0.39 is 5.60 Å². The van der Waals surface area contributed by atoms with Crippen LogP contribution in [-0.4, -0.2) is 23.2 Å². The van der Waals surface area contributed by atoms with Gasteiger partial charge < -0.3 is 10.4 Å². The highest BCUT2D eigenvalue weighted by Gasteiger charge is 2.27. The summed E-state index contributed by atoms with van der Waals surface area (Å²) in [4.78, 5) is 11.9. The molecule has 1 fully saturated rings. The zero-order chi connectivity index (χ0) is 15.1. The number of hydrogen-bond donors (Lipinski definition) is 2. The standard InChI is InChI=1S/C18H25NO2/c1-15-8-4-5-9-16(15)10-11-17(20)19-14-18(21)12-6-2-3-7-13-18/h4-5,8-11,21H,2-3,6-7,12-14H2,1H3,(H,19,20). The van der Waals surface area contributed by atoms with Crippen LogP contribution < -0.4 is 5.32 Å². The van der Waals surface area contributed by atoms with Gasteiger partial charge in [0.1, 0.15) is 0 Å². The molecule has 0 heterocycles. The monoisotopic (exact) mass is 287 g/mol. The van der Waals surface area contributed by atoms with E-state index in [1.807, 2.05) is 37.3 Å². The van der Waals surface area contributed by atoms with E-state index in [9.17, 15) is 9.90 Å². The molecule has 1 aromatic carbocycles. The van der Waals surface area contributed by atoms with Crippen LogP contribution in [0.25, 0.3) is 6.08 Å². The van der Waals surface area contributed by atoms with Gasteiger partial charge in [0, 0.05) is 12.6 Å². The van der Waals surface area contributed by atoms with Crippen molar-refractivity contribution in [3.8, 4) is 0 Å². The lowest BCUT2D eigenvalue weighted by molar-refractivity contribution is -0.117. The van der Waals surface area contributed by atoms with Crippen LogP contribution in [0.15, 0.2) is 30.3 Å². The fourth-order valence-corrected chi connectivity index (χ4v) is 2.81. The van der Waals surface area contributed by atoms with Crippen LogP contribution in [0.1, 0.15) is 49.7 Å². The molecule has 21 heavy (non-hydrogen) atoms. The van der Waals surface area contributed by atoms with Crippen molar-refractivity contribution >= 4 is 12.0 Å². The summed E-state index contributed by atoms with van der Waals surface area (Å²) in [6, 6.07) is 7.94. The summed E-state index contributed by atoms with van der Waals surface area (Å²) in [6.45, 7) is 2.37. The van der Waals surface area contributed by atoms with Gasteiger partial charge >= 0.3 is 0 Å². The Labute approximate surface area is 127 Å². The largest absolute Gasteiger partial charge is 0.388 e. The van der Waals surface area contributed by atoms with E-state index in [0.717, 1.165) is 36.8 Å². The lowest BCUT2D eigenvalue weighted by Crippen LogP contribution is -2.42. The Bertz CT molecular complexity index is 500. The molecule has 0 atom stereocenters. The number of benzene rings is 1. The quantitative estimate of drug-likeness (QED) is 0.660. The van der Waals surface area contributed by atoms with E-state index in [-0.39, 0.29) is 5.91 Å². The van der Waals surface area contributed by atoms with Gasteiger partial charge in [-0.2, -0.15) is 0 Å². The van der Waals surface area contributed by atoms with Crippen LogP contribution in [-0.2, 0) is 4.79 Å². The van der Waals surface area contributed by atoms with E-state index in [0.29, 0.717) is 6.54 Å². The van der Waals surface area contributed by atoms with Gasteiger partial charge in [-0.3, -0.25) is 4.79 Å². The van der Waals surface area contributed by atoms with Crippen LogP contribution in [0.2, 0.25) is 0 Å². The highest BCUT2D eigenvalue weighted by atomic mass is 16.3. The third kappa shape index (κ3) is 5.01. The molecule has 1 saturated carbocycles. The second-order valence-corrected chi connectivity index (χ2v) is 6.05. The van der Waals surface area contributed by atoms with E-state index in [1.54, 1.807) is 6.08 Å². The Hall–Kier alpha value is -1.61. The molecule has 2 N–H and O–H groups in total. The van der Waals surface area contributed by atoms with Crippen LogP contribution >= 0.6 is 0 Å². The third-order valence-electron chi connectivity index (χ3n) is 4.23. The first kappa shape index (κ1) is 15.8. The van der Waals surface area contributed by atoms with Crippen LogP contribution in [0.4, 0.5) is 0 Å². The molecule has 0 aromatic heterocycles. The Balaban J connectivity index is 1.86. The van der Waals surface area contributed by atoms with Crippen LogP contribution in [0.5, 0.6) is 0 Å². The van der Waals surface area contributed by atoms with Gasteiger partial charge in [-0.05, 0) is 37.0 Å². The van der Waals surface area contributed by atoms with Gasteiger partial charge in [0.2, 0.25) is 5.91 Å². The smallest absolute Gasteiger partial charge is 0.244 e. The summed E-state index contributed by atoms with van der Waals surface area (Å²) in [6.07, 6.45) is 9.40. The molecule has 0 spiro atoms. The number of aliphatic hydroxyl groups is 1. The fraction of sp³-hybridized carbons (Fsp3) is 0.500. The second kappa shape index (κ2) is 7.41. The predicted octanol–water partition coefficient (Wildman–Crippen LogP) is 3.21. The van der Waals surface area contributed by atoms with Crippen molar-refractivity contribution in [1.29, 1.82) is 0 Å². The minimum Gasteiger partial charge on any atom is -0.388 e. The van der Waals surface area contributed by atoms with Crippen molar-refractivity contribution in [3.63, 3.8) is 0 Å². The maximum absolute atomic E-state index is 11.9. The molecule has 3 nitrogen and oxygen atoms in total. The number of hydrogen-bond acceptors (Lipinski definition) is 2. The number of carbonyl (C=O) groups excluding carboxylic acids is 1. The normalized spacial score (nSPS) is 18.4. The van der Waals surface area contributed by atoms with E-state index in [4.69, 9.17) is 0 Å². The van der Waals surface area contributed by atoms with Crippen molar-refractivity contribution in [3.05, 3.63) is 41.5 Å². The van der Waals surface area contributed by atoms with Crippen molar-refractivity contribution in [2.75, 3.05) is 6.54 Å². The van der Waals surface area contributed by atoms with Crippen LogP contribution in [0, 0.1) is 6.92 Å². The first-order valence-electron chi connectivity index (χ1n) is 7.83. The lowest BCUT2D eigenvalue weighted by Gasteiger charge is -2.26. The third-order valence-corrected chi connectivity index (χ3v) is 4.23. The molecule has 1 aliphatic rings. The lowest BCUT2D eigenvalue weighted by atomic mass is 9.94. The van der Waals surface area contributed by atoms with Gasteiger partial charge in [-0.1, -0.05) is 49.9 Å². The molecule has 1 amide bonds. The molecular formula is C18H25NO2. The minimum absolute atomic E-state index is 0.143. The summed E-state index contributed by atoms with van der Waals surface area (Å²) in [5, 5.41) is 13.3. The fourth-order valence-electron chi connectivity index (χ4n) is 2.81. The maximum Gasteiger partial charge on any atom is 0.244 e. The molecule has 0 unspecified atom stereocenters. The Morgan fingerprint density at radius 3 is 2.57 bits per heavy atom. The Morgan fingerprint density at radius 2 is 1.90 bits per heavy atom. The zero-order valence-electron chi connectivity index (χ0n) is 12.8. The van der Waals surface area contributed by atoms with Gasteiger partial charge in [0.05, 0.1) is 5.60 Å². The minimum atomic E-state index is -0.720. The van der Waals surface area contributed by atoms with Gasteiger partial charge in [0.25, 0.3) is 0 Å². The maximum atomic E-state index is 11.9. The van der Waals surface area contributed by atoms with E-state index >= 15 is 0 Å². The average molecular weight is 287 g/mol. The van der Waals surface area contributed by atoms with Gasteiger partial charge in [-0.25, -0.2) is 0 Å². The number of amides is 1. The Morgan fingerprint density at radius 1 is 1.24 bits per heavy atom. The summed E-state index contributed by atoms with van der Waals surface area (Å²) in [5.74, 6) is -0.143. The topological polar surface area (TPSA) is 49.3 Å². The Kier molecular flexibility index (Phi) is 5.57. The average Bonchev–Trinajstić information content (AvgIpc) is 2.70. The predicted molar refractivity (Wildman–Crippen MR) is 85.9 cm³/mol. The molecule has 0 bridgehead atoms. The first-order chi connectivity index (χ1) is 10.1. The summed E-state index contributed by atoms with van der Waals surface area (Å²) in [5.41, 5.74) is 1.47. The molecule has 1 aliphatic carbocycles. The molecule has 114 valence electrons. The molecule has 0 aliphatic heterocycles. The van der Waals surface area contributed by atoms with Crippen LogP contribution in [0.3, 0.4) is 0 Å². The molecule has 0 radical (unpaired) electrons. The number of nitrogens with one attached hydrogen (secondary N) is 1. The number of rotatable bonds is 4. The van der Waals surface area contributed by atoms with Crippen molar-refractivity contribution in [2.24, 2.45) is 0 Å². The van der Waals surface area contributed by atoms with Crippen molar-refractivity contribution in [1.82, 2.24) is 5.32 Å². The number of aryl methyl sites for hydroxylation is 1. The van der Waals surface area contributed by atoms with Gasteiger partial charge in [-0.15, -0.1) is 0 Å². The summed E-state index contributed by atoms with van der Waals surface area (Å²) in [7, 11) is 0. The SMILES string of the molecule is Cc1ccccc1C=CC(=O)NCC1(O)CCCCCC1. The highest BCUT2D eigenvalue weighted by molar-refractivity contribution is 5.91. The van der Waals surface area contributed by atoms with E-state index in [1.165, 1.54) is 12.8 Å².